The number of rotatable bonds is 3. The second-order valence-electron chi connectivity index (χ2n) is 5.80. The molecule has 7 heteroatoms. The van der Waals surface area contributed by atoms with Gasteiger partial charge in [0.2, 0.25) is 11.9 Å². The Kier molecular flexibility index (Phi) is 2.51. The van der Waals surface area contributed by atoms with Crippen LogP contribution in [0, 0.1) is 18.8 Å². The molecule has 4 rings (SSSR count). The number of aromatic nitrogens is 4. The van der Waals surface area contributed by atoms with Crippen LogP contribution in [-0.2, 0) is 11.3 Å². The molecule has 3 heterocycles. The Bertz CT molecular complexity index is 724. The first-order valence-corrected chi connectivity index (χ1v) is 7.03. The molecule has 7 nitrogen and oxygen atoms in total. The van der Waals surface area contributed by atoms with Crippen molar-refractivity contribution in [2.24, 2.45) is 11.8 Å². The third-order valence-corrected chi connectivity index (χ3v) is 4.22. The Morgan fingerprint density at radius 3 is 2.90 bits per heavy atom. The molecule has 2 atom stereocenters. The van der Waals surface area contributed by atoms with Crippen LogP contribution in [0.15, 0.2) is 18.6 Å². The molecular formula is C14H16N6O. The van der Waals surface area contributed by atoms with E-state index >= 15 is 0 Å². The van der Waals surface area contributed by atoms with Gasteiger partial charge in [0, 0.05) is 36.1 Å². The maximum absolute atomic E-state index is 12.1. The predicted octanol–water partition coefficient (Wildman–Crippen LogP) is 0.595. The van der Waals surface area contributed by atoms with Crippen molar-refractivity contribution < 1.29 is 4.79 Å². The lowest BCUT2D eigenvalue weighted by molar-refractivity contribution is -0.118. The van der Waals surface area contributed by atoms with Crippen LogP contribution in [-0.4, -0.2) is 32.2 Å². The number of nitrogen functional groups attached to an aromatic ring is 1. The highest BCUT2D eigenvalue weighted by atomic mass is 16.2. The number of anilines is 2. The van der Waals surface area contributed by atoms with Crippen LogP contribution in [0.5, 0.6) is 0 Å². The van der Waals surface area contributed by atoms with Crippen molar-refractivity contribution in [1.82, 2.24) is 19.7 Å². The normalized spacial score (nSPS) is 23.5. The van der Waals surface area contributed by atoms with Gasteiger partial charge >= 0.3 is 0 Å². The fourth-order valence-corrected chi connectivity index (χ4v) is 2.86. The van der Waals surface area contributed by atoms with E-state index in [1.807, 2.05) is 6.92 Å². The van der Waals surface area contributed by atoms with Gasteiger partial charge < -0.3 is 5.73 Å². The van der Waals surface area contributed by atoms with Crippen molar-refractivity contribution in [3.05, 3.63) is 29.8 Å². The van der Waals surface area contributed by atoms with Gasteiger partial charge in [-0.3, -0.25) is 14.4 Å². The zero-order valence-corrected chi connectivity index (χ0v) is 11.7. The van der Waals surface area contributed by atoms with Crippen LogP contribution < -0.4 is 10.6 Å². The molecule has 0 aromatic carbocycles. The van der Waals surface area contributed by atoms with Crippen LogP contribution in [0.25, 0.3) is 0 Å². The maximum Gasteiger partial charge on any atom is 0.232 e. The Labute approximate surface area is 121 Å². The lowest BCUT2D eigenvalue weighted by Gasteiger charge is -2.17. The van der Waals surface area contributed by atoms with Gasteiger partial charge in [0.05, 0.1) is 18.4 Å². The maximum atomic E-state index is 12.1. The van der Waals surface area contributed by atoms with Crippen LogP contribution in [0.4, 0.5) is 11.6 Å². The molecule has 21 heavy (non-hydrogen) atoms. The summed E-state index contributed by atoms with van der Waals surface area (Å²) in [7, 11) is 0. The molecule has 0 spiro atoms. The summed E-state index contributed by atoms with van der Waals surface area (Å²) in [6.07, 6.45) is 6.19. The predicted molar refractivity (Wildman–Crippen MR) is 76.5 cm³/mol. The highest BCUT2D eigenvalue weighted by Gasteiger charge is 2.53. The summed E-state index contributed by atoms with van der Waals surface area (Å²) >= 11 is 0. The average Bonchev–Trinajstić information content (AvgIpc) is 3.01. The Morgan fingerprint density at radius 2 is 2.29 bits per heavy atom. The third kappa shape index (κ3) is 2.05. The number of amides is 1. The number of carbonyl (C=O) groups excluding carboxylic acids is 1. The first-order chi connectivity index (χ1) is 10.1. The summed E-state index contributed by atoms with van der Waals surface area (Å²) in [5, 5.41) is 4.15. The van der Waals surface area contributed by atoms with Gasteiger partial charge in [-0.2, -0.15) is 5.10 Å². The lowest BCUT2D eigenvalue weighted by atomic mass is 10.2. The second kappa shape index (κ2) is 4.28. The summed E-state index contributed by atoms with van der Waals surface area (Å²) in [4.78, 5) is 22.6. The molecule has 1 aliphatic heterocycles. The molecule has 2 aromatic rings. The van der Waals surface area contributed by atoms with Gasteiger partial charge in [-0.25, -0.2) is 9.97 Å². The SMILES string of the molecule is Cc1nc(N2CC3CC3C2=O)ncc1Cn1cc(N)cn1. The Hall–Kier alpha value is -2.44. The van der Waals surface area contributed by atoms with Gasteiger partial charge in [-0.15, -0.1) is 0 Å². The van der Waals surface area contributed by atoms with Crippen LogP contribution in [0.2, 0.25) is 0 Å². The quantitative estimate of drug-likeness (QED) is 0.891. The van der Waals surface area contributed by atoms with E-state index in [2.05, 4.69) is 15.1 Å². The molecule has 2 aromatic heterocycles. The smallest absolute Gasteiger partial charge is 0.232 e. The van der Waals surface area contributed by atoms with E-state index in [-0.39, 0.29) is 11.8 Å². The molecule has 0 radical (unpaired) electrons. The van der Waals surface area contributed by atoms with Crippen molar-refractivity contribution >= 4 is 17.5 Å². The number of nitrogens with zero attached hydrogens (tertiary/aromatic N) is 5. The molecule has 2 N–H and O–H groups in total. The van der Waals surface area contributed by atoms with E-state index in [1.54, 1.807) is 28.2 Å². The second-order valence-corrected chi connectivity index (χ2v) is 5.80. The number of aryl methyl sites for hydroxylation is 1. The minimum Gasteiger partial charge on any atom is -0.396 e. The molecule has 0 bridgehead atoms. The highest BCUT2D eigenvalue weighted by Crippen LogP contribution is 2.46. The standard InChI is InChI=1S/C14H16N6O/c1-8-10(5-19-7-11(15)4-17-19)3-16-14(18-8)20-6-9-2-12(9)13(20)21/h3-4,7,9,12H,2,5-6,15H2,1H3. The molecule has 1 saturated carbocycles. The van der Waals surface area contributed by atoms with Gasteiger partial charge in [-0.05, 0) is 19.3 Å². The molecule has 108 valence electrons. The topological polar surface area (TPSA) is 89.9 Å². The number of hydrogen-bond donors (Lipinski definition) is 1. The van der Waals surface area contributed by atoms with E-state index in [0.717, 1.165) is 24.2 Å². The van der Waals surface area contributed by atoms with E-state index < -0.39 is 0 Å². The fourth-order valence-electron chi connectivity index (χ4n) is 2.86. The average molecular weight is 284 g/mol. The number of nitrogens with two attached hydrogens (primary N) is 1. The molecule has 2 fully saturated rings. The molecule has 2 aliphatic rings. The minimum atomic E-state index is 0.173. The number of carbonyl (C=O) groups is 1. The van der Waals surface area contributed by atoms with Crippen LogP contribution in [0.1, 0.15) is 17.7 Å². The fraction of sp³-hybridized carbons (Fsp3) is 0.429. The lowest BCUT2D eigenvalue weighted by Crippen LogP contribution is -2.30. The van der Waals surface area contributed by atoms with Crippen LogP contribution >= 0.6 is 0 Å². The summed E-state index contributed by atoms with van der Waals surface area (Å²) in [5.41, 5.74) is 8.12. The molecule has 2 unspecified atom stereocenters. The number of hydrogen-bond acceptors (Lipinski definition) is 5. The van der Waals surface area contributed by atoms with Crippen molar-refractivity contribution in [1.29, 1.82) is 0 Å². The molecule has 1 aliphatic carbocycles. The van der Waals surface area contributed by atoms with Crippen molar-refractivity contribution in [3.63, 3.8) is 0 Å². The molecule has 1 amide bonds. The largest absolute Gasteiger partial charge is 0.396 e. The number of piperidine rings is 1. The first-order valence-electron chi connectivity index (χ1n) is 7.03. The van der Waals surface area contributed by atoms with Crippen molar-refractivity contribution in [3.8, 4) is 0 Å². The van der Waals surface area contributed by atoms with E-state index in [4.69, 9.17) is 5.73 Å². The van der Waals surface area contributed by atoms with Gasteiger partial charge in [0.15, 0.2) is 0 Å². The Morgan fingerprint density at radius 1 is 1.43 bits per heavy atom. The zero-order chi connectivity index (χ0) is 14.6. The van der Waals surface area contributed by atoms with Crippen molar-refractivity contribution in [2.45, 2.75) is 19.9 Å². The van der Waals surface area contributed by atoms with Gasteiger partial charge in [-0.1, -0.05) is 0 Å². The minimum absolute atomic E-state index is 0.173. The van der Waals surface area contributed by atoms with Gasteiger partial charge in [0.1, 0.15) is 0 Å². The number of fused-ring (bicyclic) bond motifs is 1. The monoisotopic (exact) mass is 284 g/mol. The summed E-state index contributed by atoms with van der Waals surface area (Å²) in [6.45, 7) is 3.26. The van der Waals surface area contributed by atoms with E-state index in [0.29, 0.717) is 24.1 Å². The Balaban J connectivity index is 1.56. The van der Waals surface area contributed by atoms with Crippen molar-refractivity contribution in [2.75, 3.05) is 17.2 Å². The zero-order valence-electron chi connectivity index (χ0n) is 11.7. The summed E-state index contributed by atoms with van der Waals surface area (Å²) in [6, 6.07) is 0. The first kappa shape index (κ1) is 12.3. The summed E-state index contributed by atoms with van der Waals surface area (Å²) in [5.74, 6) is 1.44. The van der Waals surface area contributed by atoms with Gasteiger partial charge in [0.25, 0.3) is 0 Å². The summed E-state index contributed by atoms with van der Waals surface area (Å²) < 4.78 is 1.75. The molecular weight excluding hydrogens is 268 g/mol. The van der Waals surface area contributed by atoms with Crippen LogP contribution in [0.3, 0.4) is 0 Å². The highest BCUT2D eigenvalue weighted by molar-refractivity contribution is 5.98. The van der Waals surface area contributed by atoms with E-state index in [1.165, 1.54) is 0 Å². The molecule has 1 saturated heterocycles. The third-order valence-electron chi connectivity index (χ3n) is 4.22. The van der Waals surface area contributed by atoms with E-state index in [9.17, 15) is 4.79 Å².